The lowest BCUT2D eigenvalue weighted by Gasteiger charge is -2.29. The third-order valence-corrected chi connectivity index (χ3v) is 4.68. The minimum atomic E-state index is -0.591. The molecule has 0 radical (unpaired) electrons. The van der Waals surface area contributed by atoms with E-state index < -0.39 is 5.82 Å². The summed E-state index contributed by atoms with van der Waals surface area (Å²) in [5.41, 5.74) is 0.124. The molecule has 0 aliphatic carbocycles. The van der Waals surface area contributed by atoms with Crippen molar-refractivity contribution in [3.8, 4) is 0 Å². The molecule has 5 nitrogen and oxygen atoms in total. The zero-order valence-corrected chi connectivity index (χ0v) is 13.7. The van der Waals surface area contributed by atoms with Gasteiger partial charge >= 0.3 is 6.03 Å². The number of carbonyl (C=O) groups is 1. The van der Waals surface area contributed by atoms with Crippen LogP contribution in [-0.2, 0) is 4.74 Å². The van der Waals surface area contributed by atoms with Gasteiger partial charge in [-0.3, -0.25) is 4.90 Å². The van der Waals surface area contributed by atoms with Gasteiger partial charge in [0.05, 0.1) is 23.9 Å². The van der Waals surface area contributed by atoms with Crippen molar-refractivity contribution < 1.29 is 13.9 Å². The summed E-state index contributed by atoms with van der Waals surface area (Å²) in [5.74, 6) is -0.130. The molecular weight excluding hydrogens is 321 g/mol. The van der Waals surface area contributed by atoms with E-state index in [1.165, 1.54) is 12.1 Å². The van der Waals surface area contributed by atoms with Gasteiger partial charge in [0, 0.05) is 32.7 Å². The van der Waals surface area contributed by atoms with Crippen molar-refractivity contribution in [2.24, 2.45) is 5.92 Å². The van der Waals surface area contributed by atoms with Gasteiger partial charge in [0.1, 0.15) is 0 Å². The highest BCUT2D eigenvalue weighted by molar-refractivity contribution is 6.31. The molecule has 1 atom stereocenters. The molecule has 0 bridgehead atoms. The summed E-state index contributed by atoms with van der Waals surface area (Å²) in [5, 5.41) is 2.62. The Labute approximate surface area is 140 Å². The van der Waals surface area contributed by atoms with Crippen molar-refractivity contribution in [2.45, 2.75) is 6.42 Å². The first-order chi connectivity index (χ1) is 11.1. The molecule has 2 heterocycles. The summed E-state index contributed by atoms with van der Waals surface area (Å²) in [7, 11) is 0. The maximum atomic E-state index is 13.9. The van der Waals surface area contributed by atoms with Crippen LogP contribution in [0.25, 0.3) is 0 Å². The number of likely N-dealkylation sites (tertiary alicyclic amines) is 1. The van der Waals surface area contributed by atoms with Gasteiger partial charge < -0.3 is 15.0 Å². The molecule has 1 unspecified atom stereocenters. The molecule has 1 N–H and O–H groups in total. The Bertz CT molecular complexity index is 566. The topological polar surface area (TPSA) is 44.8 Å². The first-order valence-electron chi connectivity index (χ1n) is 7.93. The maximum Gasteiger partial charge on any atom is 0.321 e. The highest BCUT2D eigenvalue weighted by Crippen LogP contribution is 2.24. The number of benzene rings is 1. The van der Waals surface area contributed by atoms with Crippen molar-refractivity contribution in [3.63, 3.8) is 0 Å². The van der Waals surface area contributed by atoms with Gasteiger partial charge in [0.25, 0.3) is 0 Å². The van der Waals surface area contributed by atoms with Crippen molar-refractivity contribution in [1.82, 2.24) is 9.80 Å². The molecule has 1 aromatic rings. The highest BCUT2D eigenvalue weighted by Gasteiger charge is 2.28. The minimum Gasteiger partial charge on any atom is -0.379 e. The van der Waals surface area contributed by atoms with Crippen LogP contribution in [0.4, 0.5) is 14.9 Å². The van der Waals surface area contributed by atoms with Gasteiger partial charge in [-0.25, -0.2) is 9.18 Å². The van der Waals surface area contributed by atoms with E-state index in [9.17, 15) is 9.18 Å². The Morgan fingerprint density at radius 1 is 1.35 bits per heavy atom. The average Bonchev–Trinajstić information content (AvgIpc) is 3.01. The molecule has 7 heteroatoms. The SMILES string of the molecule is O=C(Nc1cccc(Cl)c1F)N1CCC(CN2CCOCC2)C1. The van der Waals surface area contributed by atoms with Crippen LogP contribution in [0.1, 0.15) is 6.42 Å². The summed E-state index contributed by atoms with van der Waals surface area (Å²) in [6.45, 7) is 5.86. The number of nitrogens with zero attached hydrogens (tertiary/aromatic N) is 2. The molecule has 2 aliphatic rings. The third kappa shape index (κ3) is 4.13. The highest BCUT2D eigenvalue weighted by atomic mass is 35.5. The first-order valence-corrected chi connectivity index (χ1v) is 8.31. The van der Waals surface area contributed by atoms with Gasteiger partial charge in [-0.15, -0.1) is 0 Å². The molecular formula is C16H21ClFN3O2. The fraction of sp³-hybridized carbons (Fsp3) is 0.562. The van der Waals surface area contributed by atoms with Gasteiger partial charge in [0.2, 0.25) is 0 Å². The molecule has 0 spiro atoms. The van der Waals surface area contributed by atoms with E-state index >= 15 is 0 Å². The van der Waals surface area contributed by atoms with Gasteiger partial charge in [-0.1, -0.05) is 17.7 Å². The van der Waals surface area contributed by atoms with E-state index in [1.54, 1.807) is 11.0 Å². The molecule has 2 fully saturated rings. The van der Waals surface area contributed by atoms with Crippen LogP contribution in [0.3, 0.4) is 0 Å². The zero-order chi connectivity index (χ0) is 16.2. The molecule has 0 saturated carbocycles. The Morgan fingerprint density at radius 2 is 2.13 bits per heavy atom. The number of hydrogen-bond acceptors (Lipinski definition) is 3. The van der Waals surface area contributed by atoms with Crippen LogP contribution in [0.2, 0.25) is 5.02 Å². The second-order valence-electron chi connectivity index (χ2n) is 6.05. The van der Waals surface area contributed by atoms with Crippen LogP contribution in [0, 0.1) is 11.7 Å². The Hall–Kier alpha value is -1.37. The lowest BCUT2D eigenvalue weighted by atomic mass is 10.1. The molecule has 126 valence electrons. The number of ether oxygens (including phenoxy) is 1. The number of morpholine rings is 1. The van der Waals surface area contributed by atoms with Crippen molar-refractivity contribution >= 4 is 23.3 Å². The van der Waals surface area contributed by atoms with Crippen molar-refractivity contribution in [1.29, 1.82) is 0 Å². The normalized spacial score (nSPS) is 22.3. The fourth-order valence-electron chi connectivity index (χ4n) is 3.11. The van der Waals surface area contributed by atoms with E-state index in [2.05, 4.69) is 10.2 Å². The first kappa shape index (κ1) is 16.5. The number of nitrogens with one attached hydrogen (secondary N) is 1. The molecule has 2 amide bonds. The zero-order valence-electron chi connectivity index (χ0n) is 12.9. The predicted octanol–water partition coefficient (Wildman–Crippen LogP) is 2.67. The number of rotatable bonds is 3. The Balaban J connectivity index is 1.52. The van der Waals surface area contributed by atoms with Crippen LogP contribution in [0.5, 0.6) is 0 Å². The molecule has 23 heavy (non-hydrogen) atoms. The van der Waals surface area contributed by atoms with Gasteiger partial charge in [-0.2, -0.15) is 0 Å². The van der Waals surface area contributed by atoms with E-state index in [4.69, 9.17) is 16.3 Å². The van der Waals surface area contributed by atoms with E-state index in [0.717, 1.165) is 39.3 Å². The third-order valence-electron chi connectivity index (χ3n) is 4.39. The quantitative estimate of drug-likeness (QED) is 0.919. The van der Waals surface area contributed by atoms with Crippen molar-refractivity contribution in [3.05, 3.63) is 29.0 Å². The van der Waals surface area contributed by atoms with Gasteiger partial charge in [0.15, 0.2) is 5.82 Å². The number of anilines is 1. The van der Waals surface area contributed by atoms with E-state index in [0.29, 0.717) is 19.0 Å². The van der Waals surface area contributed by atoms with Crippen LogP contribution in [-0.4, -0.2) is 61.8 Å². The van der Waals surface area contributed by atoms with Crippen LogP contribution >= 0.6 is 11.6 Å². The maximum absolute atomic E-state index is 13.9. The van der Waals surface area contributed by atoms with E-state index in [-0.39, 0.29) is 16.7 Å². The summed E-state index contributed by atoms with van der Waals surface area (Å²) < 4.78 is 19.2. The number of carbonyl (C=O) groups excluding carboxylic acids is 1. The standard InChI is InChI=1S/C16H21ClFN3O2/c17-13-2-1-3-14(15(13)18)19-16(22)21-5-4-12(11-21)10-20-6-8-23-9-7-20/h1-3,12H,4-11H2,(H,19,22). The minimum absolute atomic E-state index is 0.00872. The van der Waals surface area contributed by atoms with E-state index in [1.807, 2.05) is 0 Å². The fourth-order valence-corrected chi connectivity index (χ4v) is 3.28. The Kier molecular flexibility index (Phi) is 5.35. The predicted molar refractivity (Wildman–Crippen MR) is 87.4 cm³/mol. The lowest BCUT2D eigenvalue weighted by molar-refractivity contribution is 0.0314. The lowest BCUT2D eigenvalue weighted by Crippen LogP contribution is -2.40. The number of amides is 2. The number of urea groups is 1. The smallest absolute Gasteiger partial charge is 0.321 e. The largest absolute Gasteiger partial charge is 0.379 e. The number of hydrogen-bond donors (Lipinski definition) is 1. The molecule has 3 rings (SSSR count). The Morgan fingerprint density at radius 3 is 2.91 bits per heavy atom. The summed E-state index contributed by atoms with van der Waals surface area (Å²) in [6, 6.07) is 4.32. The summed E-state index contributed by atoms with van der Waals surface area (Å²) >= 11 is 5.73. The molecule has 0 aromatic heterocycles. The van der Waals surface area contributed by atoms with Crippen LogP contribution in [0.15, 0.2) is 18.2 Å². The summed E-state index contributed by atoms with van der Waals surface area (Å²) in [6.07, 6.45) is 0.975. The average molecular weight is 342 g/mol. The monoisotopic (exact) mass is 341 g/mol. The molecule has 2 saturated heterocycles. The summed E-state index contributed by atoms with van der Waals surface area (Å²) in [4.78, 5) is 16.4. The molecule has 1 aromatic carbocycles. The van der Waals surface area contributed by atoms with Crippen molar-refractivity contribution in [2.75, 3.05) is 51.3 Å². The van der Waals surface area contributed by atoms with Crippen LogP contribution < -0.4 is 5.32 Å². The second-order valence-corrected chi connectivity index (χ2v) is 6.45. The second kappa shape index (κ2) is 7.47. The molecule has 2 aliphatic heterocycles. The van der Waals surface area contributed by atoms with Gasteiger partial charge in [-0.05, 0) is 24.5 Å². The number of halogens is 2.